The minimum absolute atomic E-state index is 0.0724. The van der Waals surface area contributed by atoms with Crippen LogP contribution in [0.3, 0.4) is 0 Å². The predicted molar refractivity (Wildman–Crippen MR) is 92.5 cm³/mol. The van der Waals surface area contributed by atoms with E-state index in [1.54, 1.807) is 13.2 Å². The molecule has 0 radical (unpaired) electrons. The van der Waals surface area contributed by atoms with Crippen LogP contribution in [0.2, 0.25) is 0 Å². The van der Waals surface area contributed by atoms with E-state index in [1.165, 1.54) is 27.9 Å². The number of hydrogen-bond acceptors (Lipinski definition) is 6. The zero-order valence-corrected chi connectivity index (χ0v) is 14.2. The molecule has 2 amide bonds. The van der Waals surface area contributed by atoms with E-state index in [-0.39, 0.29) is 23.2 Å². The first-order chi connectivity index (χ1) is 12.5. The van der Waals surface area contributed by atoms with Gasteiger partial charge in [0.2, 0.25) is 0 Å². The number of rotatable bonds is 4. The summed E-state index contributed by atoms with van der Waals surface area (Å²) < 4.78 is 20.6. The largest absolute Gasteiger partial charge is 0.373 e. The molecule has 0 spiro atoms. The van der Waals surface area contributed by atoms with Crippen LogP contribution in [0.1, 0.15) is 0 Å². The molecule has 2 aromatic heterocycles. The zero-order chi connectivity index (χ0) is 18.5. The number of hydrogen-bond donors (Lipinski definition) is 2. The predicted octanol–water partition coefficient (Wildman–Crippen LogP) is 0.659. The van der Waals surface area contributed by atoms with Crippen molar-refractivity contribution < 1.29 is 13.9 Å². The molecule has 138 valence electrons. The Morgan fingerprint density at radius 1 is 1.46 bits per heavy atom. The zero-order valence-electron chi connectivity index (χ0n) is 14.2. The number of urea groups is 1. The van der Waals surface area contributed by atoms with Crippen LogP contribution in [0.25, 0.3) is 0 Å². The van der Waals surface area contributed by atoms with E-state index >= 15 is 0 Å². The van der Waals surface area contributed by atoms with Crippen LogP contribution in [0.5, 0.6) is 0 Å². The molecule has 3 rings (SSSR count). The van der Waals surface area contributed by atoms with E-state index in [9.17, 15) is 14.0 Å². The third-order valence-electron chi connectivity index (χ3n) is 3.95. The summed E-state index contributed by atoms with van der Waals surface area (Å²) in [7, 11) is 1.64. The van der Waals surface area contributed by atoms with Crippen molar-refractivity contribution in [1.29, 1.82) is 0 Å². The van der Waals surface area contributed by atoms with Crippen molar-refractivity contribution in [3.05, 3.63) is 47.0 Å². The van der Waals surface area contributed by atoms with E-state index < -0.39 is 11.8 Å². The van der Waals surface area contributed by atoms with Gasteiger partial charge in [-0.15, -0.1) is 0 Å². The fraction of sp³-hybridized carbons (Fsp3) is 0.375. The van der Waals surface area contributed by atoms with Crippen molar-refractivity contribution in [2.24, 2.45) is 7.05 Å². The van der Waals surface area contributed by atoms with Gasteiger partial charge in [-0.3, -0.25) is 9.78 Å². The summed E-state index contributed by atoms with van der Waals surface area (Å²) in [5.41, 5.74) is -0.172. The summed E-state index contributed by atoms with van der Waals surface area (Å²) in [5.74, 6) is -0.377. The Bertz CT molecular complexity index is 843. The summed E-state index contributed by atoms with van der Waals surface area (Å²) >= 11 is 0. The number of anilines is 2. The van der Waals surface area contributed by atoms with E-state index in [4.69, 9.17) is 4.74 Å². The number of aryl methyl sites for hydroxylation is 1. The SMILES string of the molecule is Cn1ccnc(NCC2CN(C(=O)Nc3ccncc3F)CCO2)c1=O. The molecule has 0 bridgehead atoms. The molecule has 26 heavy (non-hydrogen) atoms. The van der Waals surface area contributed by atoms with Crippen molar-refractivity contribution in [2.45, 2.75) is 6.10 Å². The van der Waals surface area contributed by atoms with E-state index in [0.29, 0.717) is 26.2 Å². The van der Waals surface area contributed by atoms with Crippen molar-refractivity contribution in [3.8, 4) is 0 Å². The lowest BCUT2D eigenvalue weighted by atomic mass is 10.2. The molecule has 1 unspecified atom stereocenters. The van der Waals surface area contributed by atoms with Gasteiger partial charge in [-0.05, 0) is 6.07 Å². The first kappa shape index (κ1) is 17.8. The highest BCUT2D eigenvalue weighted by Crippen LogP contribution is 2.13. The average molecular weight is 362 g/mol. The molecule has 1 aliphatic rings. The van der Waals surface area contributed by atoms with Crippen molar-refractivity contribution in [1.82, 2.24) is 19.4 Å². The number of nitrogens with zero attached hydrogens (tertiary/aromatic N) is 4. The molecule has 0 aromatic carbocycles. The normalized spacial score (nSPS) is 17.0. The van der Waals surface area contributed by atoms with Gasteiger partial charge in [0.25, 0.3) is 5.56 Å². The van der Waals surface area contributed by atoms with Gasteiger partial charge in [-0.2, -0.15) is 0 Å². The van der Waals surface area contributed by atoms with Crippen molar-refractivity contribution >= 4 is 17.5 Å². The monoisotopic (exact) mass is 362 g/mol. The average Bonchev–Trinajstić information content (AvgIpc) is 2.65. The van der Waals surface area contributed by atoms with Gasteiger partial charge >= 0.3 is 6.03 Å². The van der Waals surface area contributed by atoms with Gasteiger partial charge in [-0.1, -0.05) is 0 Å². The fourth-order valence-electron chi connectivity index (χ4n) is 2.53. The number of ether oxygens (including phenoxy) is 1. The quantitative estimate of drug-likeness (QED) is 0.829. The highest BCUT2D eigenvalue weighted by Gasteiger charge is 2.25. The number of aromatic nitrogens is 3. The molecule has 9 nitrogen and oxygen atoms in total. The molecular weight excluding hydrogens is 343 g/mol. The standard InChI is InChI=1S/C16H19FN6O3/c1-22-5-4-19-14(15(22)24)20-8-11-10-23(6-7-26-11)16(25)21-13-2-3-18-9-12(13)17/h2-5,9,11H,6-8,10H2,1H3,(H,19,20)(H,18,21,25). The van der Waals surface area contributed by atoms with Gasteiger partial charge < -0.3 is 24.8 Å². The topological polar surface area (TPSA) is 101 Å². The Morgan fingerprint density at radius 3 is 3.12 bits per heavy atom. The van der Waals surface area contributed by atoms with Crippen LogP contribution in [0.4, 0.5) is 20.7 Å². The lowest BCUT2D eigenvalue weighted by molar-refractivity contribution is -0.00451. The first-order valence-electron chi connectivity index (χ1n) is 8.07. The Balaban J connectivity index is 1.57. The van der Waals surface area contributed by atoms with E-state index in [1.807, 2.05) is 0 Å². The number of carbonyl (C=O) groups excluding carboxylic acids is 1. The summed E-state index contributed by atoms with van der Waals surface area (Å²) in [4.78, 5) is 33.4. The second kappa shape index (κ2) is 7.91. The summed E-state index contributed by atoms with van der Waals surface area (Å²) in [6.45, 7) is 1.36. The van der Waals surface area contributed by atoms with Crippen LogP contribution < -0.4 is 16.2 Å². The summed E-state index contributed by atoms with van der Waals surface area (Å²) in [6, 6.07) is 0.973. The molecule has 0 aliphatic carbocycles. The molecule has 1 saturated heterocycles. The van der Waals surface area contributed by atoms with Gasteiger partial charge in [0.15, 0.2) is 11.6 Å². The molecule has 2 aromatic rings. The number of pyridine rings is 1. The lowest BCUT2D eigenvalue weighted by Crippen LogP contribution is -2.49. The smallest absolute Gasteiger partial charge is 0.322 e. The molecule has 10 heteroatoms. The molecule has 2 N–H and O–H groups in total. The third kappa shape index (κ3) is 4.14. The van der Waals surface area contributed by atoms with Gasteiger partial charge in [0.1, 0.15) is 0 Å². The first-order valence-corrected chi connectivity index (χ1v) is 8.07. The number of nitrogens with one attached hydrogen (secondary N) is 2. The molecular formula is C16H19FN6O3. The maximum Gasteiger partial charge on any atom is 0.322 e. The molecule has 3 heterocycles. The van der Waals surface area contributed by atoms with Gasteiger partial charge in [-0.25, -0.2) is 14.2 Å². The molecule has 1 atom stereocenters. The van der Waals surface area contributed by atoms with Crippen LogP contribution in [0.15, 0.2) is 35.6 Å². The summed E-state index contributed by atoms with van der Waals surface area (Å²) in [6.07, 6.45) is 5.21. The number of halogens is 1. The minimum atomic E-state index is -0.599. The molecule has 1 aliphatic heterocycles. The summed E-state index contributed by atoms with van der Waals surface area (Å²) in [5, 5.41) is 5.47. The van der Waals surface area contributed by atoms with Crippen LogP contribution in [-0.2, 0) is 11.8 Å². The third-order valence-corrected chi connectivity index (χ3v) is 3.95. The number of amides is 2. The second-order valence-electron chi connectivity index (χ2n) is 5.80. The van der Waals surface area contributed by atoms with Crippen molar-refractivity contribution in [3.63, 3.8) is 0 Å². The van der Waals surface area contributed by atoms with Crippen LogP contribution >= 0.6 is 0 Å². The van der Waals surface area contributed by atoms with Crippen LogP contribution in [-0.4, -0.2) is 57.8 Å². The van der Waals surface area contributed by atoms with Gasteiger partial charge in [0.05, 0.1) is 31.1 Å². The van der Waals surface area contributed by atoms with Crippen LogP contribution in [0, 0.1) is 5.82 Å². The highest BCUT2D eigenvalue weighted by molar-refractivity contribution is 5.89. The fourth-order valence-corrected chi connectivity index (χ4v) is 2.53. The second-order valence-corrected chi connectivity index (χ2v) is 5.80. The molecule has 0 saturated carbocycles. The van der Waals surface area contributed by atoms with Gasteiger partial charge in [0, 0.05) is 38.7 Å². The minimum Gasteiger partial charge on any atom is -0.373 e. The Hall–Kier alpha value is -3.01. The maximum atomic E-state index is 13.6. The highest BCUT2D eigenvalue weighted by atomic mass is 19.1. The van der Waals surface area contributed by atoms with E-state index in [2.05, 4.69) is 20.6 Å². The van der Waals surface area contributed by atoms with E-state index in [0.717, 1.165) is 6.20 Å². The Morgan fingerprint density at radius 2 is 2.31 bits per heavy atom. The maximum absolute atomic E-state index is 13.6. The Kier molecular flexibility index (Phi) is 5.42. The van der Waals surface area contributed by atoms with Crippen molar-refractivity contribution in [2.75, 3.05) is 36.9 Å². The lowest BCUT2D eigenvalue weighted by Gasteiger charge is -2.33. The number of carbonyl (C=O) groups is 1. The molecule has 1 fully saturated rings. The number of morpholine rings is 1. The Labute approximate surface area is 148 Å².